The van der Waals surface area contributed by atoms with Crippen molar-refractivity contribution in [3.8, 4) is 11.5 Å². The molecule has 3 aromatic rings. The Kier molecular flexibility index (Phi) is 7.22. The van der Waals surface area contributed by atoms with Gasteiger partial charge in [0.15, 0.2) is 5.69 Å². The molecule has 1 amide bonds. The molecule has 0 bridgehead atoms. The number of nitrogens with zero attached hydrogens (tertiary/aromatic N) is 2. The van der Waals surface area contributed by atoms with Gasteiger partial charge < -0.3 is 14.5 Å². The predicted molar refractivity (Wildman–Crippen MR) is 123 cm³/mol. The molecule has 0 aliphatic heterocycles. The lowest BCUT2D eigenvalue weighted by molar-refractivity contribution is 0.0944. The first-order valence-electron chi connectivity index (χ1n) is 11.3. The normalized spacial score (nSPS) is 13.5. The first-order valence-corrected chi connectivity index (χ1v) is 11.3. The number of aromatic nitrogens is 1. The van der Waals surface area contributed by atoms with Crippen LogP contribution in [0.5, 0.6) is 11.5 Å². The molecular weight excluding hydrogens is 402 g/mol. The number of nitrogens with one attached hydrogen (secondary N) is 1. The van der Waals surface area contributed by atoms with Crippen molar-refractivity contribution in [1.82, 2.24) is 15.2 Å². The van der Waals surface area contributed by atoms with E-state index in [1.54, 1.807) is 0 Å². The second kappa shape index (κ2) is 10.5. The van der Waals surface area contributed by atoms with Gasteiger partial charge in [-0.1, -0.05) is 44.2 Å². The molecule has 0 unspecified atom stereocenters. The lowest BCUT2D eigenvalue weighted by Gasteiger charge is -2.21. The molecular formula is C26H31N3O3. The highest BCUT2D eigenvalue weighted by atomic mass is 16.5. The summed E-state index contributed by atoms with van der Waals surface area (Å²) in [6.45, 7) is 7.06. The van der Waals surface area contributed by atoms with Gasteiger partial charge >= 0.3 is 0 Å². The number of benzene rings is 2. The number of oxazole rings is 1. The monoisotopic (exact) mass is 433 g/mol. The van der Waals surface area contributed by atoms with Crippen LogP contribution in [0.4, 0.5) is 0 Å². The Morgan fingerprint density at radius 2 is 1.91 bits per heavy atom. The maximum atomic E-state index is 12.3. The minimum atomic E-state index is -0.187. The van der Waals surface area contributed by atoms with Crippen LogP contribution in [-0.2, 0) is 13.1 Å². The van der Waals surface area contributed by atoms with Crippen LogP contribution in [0.25, 0.3) is 0 Å². The first kappa shape index (κ1) is 22.1. The molecule has 1 fully saturated rings. The van der Waals surface area contributed by atoms with Crippen LogP contribution in [-0.4, -0.2) is 28.9 Å². The summed E-state index contributed by atoms with van der Waals surface area (Å²) in [5.74, 6) is 3.14. The molecule has 1 aliphatic rings. The van der Waals surface area contributed by atoms with Gasteiger partial charge in [-0.05, 0) is 54.5 Å². The van der Waals surface area contributed by atoms with E-state index in [4.69, 9.17) is 9.15 Å². The summed E-state index contributed by atoms with van der Waals surface area (Å²) in [7, 11) is 0. The molecule has 1 aromatic heterocycles. The molecule has 6 nitrogen and oxygen atoms in total. The number of para-hydroxylation sites is 1. The van der Waals surface area contributed by atoms with Gasteiger partial charge in [-0.25, -0.2) is 4.98 Å². The average molecular weight is 434 g/mol. The third-order valence-corrected chi connectivity index (χ3v) is 5.31. The molecule has 0 atom stereocenters. The molecule has 1 aliphatic carbocycles. The van der Waals surface area contributed by atoms with E-state index < -0.39 is 0 Å². The van der Waals surface area contributed by atoms with Crippen molar-refractivity contribution in [2.24, 2.45) is 11.8 Å². The number of hydrogen-bond acceptors (Lipinski definition) is 5. The summed E-state index contributed by atoms with van der Waals surface area (Å²) in [4.78, 5) is 19.0. The highest BCUT2D eigenvalue weighted by molar-refractivity contribution is 5.91. The van der Waals surface area contributed by atoms with Gasteiger partial charge in [-0.3, -0.25) is 9.69 Å². The number of carbonyl (C=O) groups is 1. The van der Waals surface area contributed by atoms with E-state index in [9.17, 15) is 4.79 Å². The largest absolute Gasteiger partial charge is 0.457 e. The van der Waals surface area contributed by atoms with Gasteiger partial charge in [0.25, 0.3) is 5.91 Å². The van der Waals surface area contributed by atoms with E-state index in [0.717, 1.165) is 30.5 Å². The molecule has 0 radical (unpaired) electrons. The summed E-state index contributed by atoms with van der Waals surface area (Å²) in [5, 5.41) is 2.88. The van der Waals surface area contributed by atoms with Crippen LogP contribution in [0.3, 0.4) is 0 Å². The van der Waals surface area contributed by atoms with E-state index in [1.807, 2.05) is 42.5 Å². The van der Waals surface area contributed by atoms with E-state index >= 15 is 0 Å². The fourth-order valence-corrected chi connectivity index (χ4v) is 3.51. The number of rotatable bonds is 11. The highest BCUT2D eigenvalue weighted by Gasteiger charge is 2.25. The maximum Gasteiger partial charge on any atom is 0.273 e. The van der Waals surface area contributed by atoms with Crippen LogP contribution in [0.1, 0.15) is 48.6 Å². The van der Waals surface area contributed by atoms with Gasteiger partial charge in [-0.15, -0.1) is 0 Å². The van der Waals surface area contributed by atoms with Crippen molar-refractivity contribution in [2.45, 2.75) is 39.8 Å². The van der Waals surface area contributed by atoms with Crippen molar-refractivity contribution in [3.05, 3.63) is 78.0 Å². The van der Waals surface area contributed by atoms with E-state index in [1.165, 1.54) is 24.7 Å². The lowest BCUT2D eigenvalue weighted by atomic mass is 10.2. The fraction of sp³-hybridized carbons (Fsp3) is 0.385. The smallest absolute Gasteiger partial charge is 0.273 e. The van der Waals surface area contributed by atoms with Crippen molar-refractivity contribution in [2.75, 3.05) is 13.1 Å². The van der Waals surface area contributed by atoms with Crippen LogP contribution in [0.2, 0.25) is 0 Å². The molecule has 0 spiro atoms. The molecule has 1 saturated carbocycles. The van der Waals surface area contributed by atoms with E-state index in [2.05, 4.69) is 41.2 Å². The SMILES string of the molecule is CC(C)CNC(=O)c1coc(CN(Cc2cccc(Oc3ccccc3)c2)CC2CC2)n1. The average Bonchev–Trinajstić information content (AvgIpc) is 3.47. The Labute approximate surface area is 189 Å². The van der Waals surface area contributed by atoms with Crippen molar-refractivity contribution < 1.29 is 13.9 Å². The fourth-order valence-electron chi connectivity index (χ4n) is 3.51. The standard InChI is InChI=1S/C26H31N3O3/c1-19(2)14-27-26(30)24-18-31-25(28-24)17-29(15-20-11-12-20)16-21-7-6-10-23(13-21)32-22-8-4-3-5-9-22/h3-10,13,18-20H,11-12,14-17H2,1-2H3,(H,27,30). The molecule has 6 heteroatoms. The Morgan fingerprint density at radius 1 is 1.12 bits per heavy atom. The number of ether oxygens (including phenoxy) is 1. The van der Waals surface area contributed by atoms with Crippen LogP contribution in [0, 0.1) is 11.8 Å². The number of carbonyl (C=O) groups excluding carboxylic acids is 1. The maximum absolute atomic E-state index is 12.3. The topological polar surface area (TPSA) is 67.6 Å². The third-order valence-electron chi connectivity index (χ3n) is 5.31. The summed E-state index contributed by atoms with van der Waals surface area (Å²) in [6.07, 6.45) is 3.98. The van der Waals surface area contributed by atoms with Crippen molar-refractivity contribution in [3.63, 3.8) is 0 Å². The first-order chi connectivity index (χ1) is 15.5. The Morgan fingerprint density at radius 3 is 2.66 bits per heavy atom. The summed E-state index contributed by atoms with van der Waals surface area (Å²) >= 11 is 0. The zero-order valence-electron chi connectivity index (χ0n) is 18.8. The van der Waals surface area contributed by atoms with Crippen LogP contribution in [0.15, 0.2) is 65.3 Å². The van der Waals surface area contributed by atoms with Gasteiger partial charge in [-0.2, -0.15) is 0 Å². The number of hydrogen-bond donors (Lipinski definition) is 1. The zero-order valence-corrected chi connectivity index (χ0v) is 18.8. The van der Waals surface area contributed by atoms with Gasteiger partial charge in [0.1, 0.15) is 17.8 Å². The molecule has 0 saturated heterocycles. The molecule has 168 valence electrons. The van der Waals surface area contributed by atoms with Gasteiger partial charge in [0.05, 0.1) is 6.54 Å². The predicted octanol–water partition coefficient (Wildman–Crippen LogP) is 5.26. The molecule has 1 heterocycles. The molecule has 1 N–H and O–H groups in total. The molecule has 2 aromatic carbocycles. The summed E-state index contributed by atoms with van der Waals surface area (Å²) in [5.41, 5.74) is 1.51. The Hall–Kier alpha value is -3.12. The van der Waals surface area contributed by atoms with Crippen molar-refractivity contribution in [1.29, 1.82) is 0 Å². The summed E-state index contributed by atoms with van der Waals surface area (Å²) in [6, 6.07) is 18.0. The minimum absolute atomic E-state index is 0.187. The van der Waals surface area contributed by atoms with Crippen molar-refractivity contribution >= 4 is 5.91 Å². The zero-order chi connectivity index (χ0) is 22.3. The second-order valence-electron chi connectivity index (χ2n) is 8.91. The lowest BCUT2D eigenvalue weighted by Crippen LogP contribution is -2.28. The van der Waals surface area contributed by atoms with E-state index in [-0.39, 0.29) is 5.91 Å². The minimum Gasteiger partial charge on any atom is -0.457 e. The third kappa shape index (κ3) is 6.69. The van der Waals surface area contributed by atoms with Gasteiger partial charge in [0.2, 0.25) is 5.89 Å². The van der Waals surface area contributed by atoms with Gasteiger partial charge in [0, 0.05) is 19.6 Å². The van der Waals surface area contributed by atoms with Crippen LogP contribution >= 0.6 is 0 Å². The number of amides is 1. The van der Waals surface area contributed by atoms with E-state index in [0.29, 0.717) is 30.6 Å². The summed E-state index contributed by atoms with van der Waals surface area (Å²) < 4.78 is 11.6. The Balaban J connectivity index is 1.40. The highest BCUT2D eigenvalue weighted by Crippen LogP contribution is 2.31. The quantitative estimate of drug-likeness (QED) is 0.446. The molecule has 4 rings (SSSR count). The Bertz CT molecular complexity index is 1010. The second-order valence-corrected chi connectivity index (χ2v) is 8.91. The van der Waals surface area contributed by atoms with Crippen LogP contribution < -0.4 is 10.1 Å². The molecule has 32 heavy (non-hydrogen) atoms.